The molecule has 104 valence electrons. The highest BCUT2D eigenvalue weighted by Crippen LogP contribution is 2.18. The molecule has 0 aliphatic heterocycles. The van der Waals surface area contributed by atoms with E-state index >= 15 is 0 Å². The van der Waals surface area contributed by atoms with E-state index < -0.39 is 18.0 Å². The fourth-order valence-corrected chi connectivity index (χ4v) is 2.00. The zero-order valence-electron chi connectivity index (χ0n) is 11.2. The van der Waals surface area contributed by atoms with Gasteiger partial charge in [0.2, 0.25) is 17.6 Å². The molecule has 6 heteroatoms. The average Bonchev–Trinajstić information content (AvgIpc) is 2.79. The number of aromatic amines is 1. The molecule has 0 spiro atoms. The van der Waals surface area contributed by atoms with Gasteiger partial charge in [0.25, 0.3) is 0 Å². The molecule has 0 radical (unpaired) electrons. The van der Waals surface area contributed by atoms with Crippen LogP contribution in [0.15, 0.2) is 30.5 Å². The maximum atomic E-state index is 12.4. The smallest absolute Gasteiger partial charge is 0.218 e. The van der Waals surface area contributed by atoms with Crippen LogP contribution in [-0.2, 0) is 9.59 Å². The van der Waals surface area contributed by atoms with E-state index in [4.69, 9.17) is 0 Å². The van der Waals surface area contributed by atoms with Crippen molar-refractivity contribution in [2.45, 2.75) is 20.0 Å². The number of carbonyl (C=O) groups excluding carboxylic acids is 3. The zero-order chi connectivity index (χ0) is 14.7. The SMILES string of the molecule is CC(=O)NC(NC(C)=O)C(=O)c1c[nH]c2ccccc12. The summed E-state index contributed by atoms with van der Waals surface area (Å²) in [7, 11) is 0. The third-order valence-electron chi connectivity index (χ3n) is 2.81. The Balaban J connectivity index is 2.35. The number of amides is 2. The Bertz CT molecular complexity index is 659. The molecule has 0 bridgehead atoms. The Morgan fingerprint density at radius 3 is 2.25 bits per heavy atom. The molecular formula is C14H15N3O3. The van der Waals surface area contributed by atoms with Crippen LogP contribution < -0.4 is 10.6 Å². The second-order valence-electron chi connectivity index (χ2n) is 4.45. The Hall–Kier alpha value is -2.63. The van der Waals surface area contributed by atoms with E-state index in [0.29, 0.717) is 5.56 Å². The minimum absolute atomic E-state index is 0.368. The quantitative estimate of drug-likeness (QED) is 0.572. The van der Waals surface area contributed by atoms with Gasteiger partial charge in [-0.25, -0.2) is 0 Å². The van der Waals surface area contributed by atoms with Crippen molar-refractivity contribution in [1.82, 2.24) is 15.6 Å². The highest BCUT2D eigenvalue weighted by atomic mass is 16.2. The van der Waals surface area contributed by atoms with Gasteiger partial charge in [0, 0.05) is 36.5 Å². The normalized spacial score (nSPS) is 10.6. The van der Waals surface area contributed by atoms with Gasteiger partial charge in [0.1, 0.15) is 0 Å². The standard InChI is InChI=1S/C14H15N3O3/c1-8(18)16-14(17-9(2)19)13(20)11-7-15-12-6-4-3-5-10(11)12/h3-7,14-15H,1-2H3,(H,16,18)(H,17,19). The molecular weight excluding hydrogens is 258 g/mol. The number of benzene rings is 1. The number of nitrogens with one attached hydrogen (secondary N) is 3. The lowest BCUT2D eigenvalue weighted by molar-refractivity contribution is -0.121. The molecule has 2 rings (SSSR count). The number of para-hydroxylation sites is 1. The van der Waals surface area contributed by atoms with Crippen LogP contribution in [0.5, 0.6) is 0 Å². The van der Waals surface area contributed by atoms with Crippen LogP contribution in [0.2, 0.25) is 0 Å². The number of H-pyrrole nitrogens is 1. The van der Waals surface area contributed by atoms with Gasteiger partial charge in [-0.15, -0.1) is 0 Å². The summed E-state index contributed by atoms with van der Waals surface area (Å²) in [6.45, 7) is 2.58. The lowest BCUT2D eigenvalue weighted by Gasteiger charge is -2.16. The van der Waals surface area contributed by atoms with Crippen molar-refractivity contribution < 1.29 is 14.4 Å². The number of Topliss-reactive ketones (excluding diaryl/α,β-unsaturated/α-hetero) is 1. The third-order valence-corrected chi connectivity index (χ3v) is 2.81. The fourth-order valence-electron chi connectivity index (χ4n) is 2.00. The number of aromatic nitrogens is 1. The van der Waals surface area contributed by atoms with Crippen molar-refractivity contribution in [2.75, 3.05) is 0 Å². The zero-order valence-corrected chi connectivity index (χ0v) is 11.2. The number of hydrogen-bond donors (Lipinski definition) is 3. The molecule has 0 unspecified atom stereocenters. The summed E-state index contributed by atoms with van der Waals surface area (Å²) in [6, 6.07) is 7.32. The lowest BCUT2D eigenvalue weighted by Crippen LogP contribution is -2.51. The van der Waals surface area contributed by atoms with Crippen molar-refractivity contribution in [3.05, 3.63) is 36.0 Å². The molecule has 0 saturated carbocycles. The van der Waals surface area contributed by atoms with Crippen LogP contribution >= 0.6 is 0 Å². The maximum Gasteiger partial charge on any atom is 0.218 e. The van der Waals surface area contributed by atoms with Crippen molar-refractivity contribution in [3.63, 3.8) is 0 Å². The van der Waals surface area contributed by atoms with E-state index in [-0.39, 0.29) is 5.78 Å². The van der Waals surface area contributed by atoms with Crippen LogP contribution in [0, 0.1) is 0 Å². The maximum absolute atomic E-state index is 12.4. The van der Waals surface area contributed by atoms with Gasteiger partial charge >= 0.3 is 0 Å². The molecule has 3 N–H and O–H groups in total. The number of fused-ring (bicyclic) bond motifs is 1. The van der Waals surface area contributed by atoms with Crippen molar-refractivity contribution in [2.24, 2.45) is 0 Å². The first kappa shape index (κ1) is 13.8. The average molecular weight is 273 g/mol. The van der Waals surface area contributed by atoms with E-state index in [0.717, 1.165) is 10.9 Å². The molecule has 20 heavy (non-hydrogen) atoms. The topological polar surface area (TPSA) is 91.1 Å². The number of rotatable bonds is 4. The highest BCUT2D eigenvalue weighted by Gasteiger charge is 2.24. The van der Waals surface area contributed by atoms with E-state index in [1.54, 1.807) is 12.3 Å². The van der Waals surface area contributed by atoms with Crippen LogP contribution in [0.1, 0.15) is 24.2 Å². The molecule has 1 aromatic heterocycles. The van der Waals surface area contributed by atoms with Crippen LogP contribution in [0.4, 0.5) is 0 Å². The Labute approximate surface area is 115 Å². The molecule has 2 aromatic rings. The molecule has 0 saturated heterocycles. The minimum Gasteiger partial charge on any atom is -0.360 e. The van der Waals surface area contributed by atoms with Gasteiger partial charge in [-0.2, -0.15) is 0 Å². The van der Waals surface area contributed by atoms with Gasteiger partial charge in [-0.3, -0.25) is 14.4 Å². The molecule has 6 nitrogen and oxygen atoms in total. The first-order valence-corrected chi connectivity index (χ1v) is 6.13. The number of carbonyl (C=O) groups is 3. The lowest BCUT2D eigenvalue weighted by atomic mass is 10.1. The summed E-state index contributed by atoms with van der Waals surface area (Å²) < 4.78 is 0. The summed E-state index contributed by atoms with van der Waals surface area (Å²) in [5, 5.41) is 5.61. The summed E-state index contributed by atoms with van der Waals surface area (Å²) in [4.78, 5) is 37.7. The largest absolute Gasteiger partial charge is 0.360 e. The van der Waals surface area contributed by atoms with Gasteiger partial charge < -0.3 is 15.6 Å². The fraction of sp³-hybridized carbons (Fsp3) is 0.214. The monoisotopic (exact) mass is 273 g/mol. The van der Waals surface area contributed by atoms with Crippen molar-refractivity contribution >= 4 is 28.5 Å². The predicted octanol–water partition coefficient (Wildman–Crippen LogP) is 0.949. The molecule has 0 fully saturated rings. The van der Waals surface area contributed by atoms with Gasteiger partial charge in [0.05, 0.1) is 0 Å². The summed E-state index contributed by atoms with van der Waals surface area (Å²) in [5.74, 6) is -1.15. The Kier molecular flexibility index (Phi) is 3.84. The predicted molar refractivity (Wildman–Crippen MR) is 74.1 cm³/mol. The highest BCUT2D eigenvalue weighted by molar-refractivity contribution is 6.11. The van der Waals surface area contributed by atoms with Crippen LogP contribution in [-0.4, -0.2) is 28.7 Å². The van der Waals surface area contributed by atoms with Gasteiger partial charge in [0.15, 0.2) is 6.17 Å². The third kappa shape index (κ3) is 2.85. The molecule has 1 aromatic carbocycles. The second-order valence-corrected chi connectivity index (χ2v) is 4.45. The molecule has 0 aliphatic rings. The number of hydrogen-bond acceptors (Lipinski definition) is 3. The number of ketones is 1. The summed E-state index contributed by atoms with van der Waals surface area (Å²) in [5.41, 5.74) is 1.24. The molecule has 2 amide bonds. The Morgan fingerprint density at radius 1 is 1.05 bits per heavy atom. The van der Waals surface area contributed by atoms with E-state index in [9.17, 15) is 14.4 Å². The van der Waals surface area contributed by atoms with Crippen LogP contribution in [0.3, 0.4) is 0 Å². The van der Waals surface area contributed by atoms with Crippen LogP contribution in [0.25, 0.3) is 10.9 Å². The molecule has 0 aliphatic carbocycles. The summed E-state index contributed by atoms with van der Waals surface area (Å²) in [6.07, 6.45) is 0.507. The molecule has 1 heterocycles. The first-order chi connectivity index (χ1) is 9.49. The summed E-state index contributed by atoms with van der Waals surface area (Å²) >= 11 is 0. The van der Waals surface area contributed by atoms with E-state index in [1.807, 2.05) is 18.2 Å². The Morgan fingerprint density at radius 2 is 1.65 bits per heavy atom. The van der Waals surface area contributed by atoms with Crippen molar-refractivity contribution in [1.29, 1.82) is 0 Å². The van der Waals surface area contributed by atoms with Gasteiger partial charge in [-0.1, -0.05) is 18.2 Å². The minimum atomic E-state index is -1.07. The van der Waals surface area contributed by atoms with E-state index in [2.05, 4.69) is 15.6 Å². The van der Waals surface area contributed by atoms with E-state index in [1.165, 1.54) is 13.8 Å². The molecule has 0 atom stereocenters. The van der Waals surface area contributed by atoms with Crippen molar-refractivity contribution in [3.8, 4) is 0 Å². The second kappa shape index (κ2) is 5.56. The first-order valence-electron chi connectivity index (χ1n) is 6.13. The van der Waals surface area contributed by atoms with Gasteiger partial charge in [-0.05, 0) is 6.07 Å².